The van der Waals surface area contributed by atoms with Crippen molar-refractivity contribution in [3.8, 4) is 0 Å². The topological polar surface area (TPSA) is 411 Å². The standard InChI is InChI=1S/C26H28F2N4O5.C25H29F2N4O7P.C25H26F2N4O5.Li.H2O.3H2S/c1-32(25(34)30-15-19-9-5-11-21(27)24(19)28)20(10-6-12-23(33)36-2)16-37-26(35)31-22-13-17-7-3-4-8-18(17)14-29-22;1-31(24(32)29-15-19-9-6-11-21(26)23(19)27)20(10-4-5-12-38-39(34,35)36)16-37-25(33)30-22-13-17-7-2-3-8-18(17)14-28-22;1-31(24(34)29-14-18-8-4-10-20(26)23(18)27)19(9-5-11-22(32)33)15-36-25(35)30-21-12-16-6-2-3-7-17(16)13-28-21;;;;;/h3-5,7-9,11,13-14,20H,6,10,12,15-16H2,1-2H3,(H,30,34)(H,29,31,35);2-3,6-9,11,13-14,20H,4-5,10,12,15-16H2,1H3,(H,29,32)(H,28,30,33)(H2,34,35,36);2-4,6-8,10,12-13,19H,5,9,11,14-15H2,1H3,(H,29,34)(H,32,33)(H,28,30,35);;4*1H2/q;;;+1;;;;/p-1/t2*20-;19-;;;;;/m000...../s1. The van der Waals surface area contributed by atoms with Crippen molar-refractivity contribution in [1.29, 1.82) is 0 Å². The van der Waals surface area contributed by atoms with Gasteiger partial charge in [0.2, 0.25) is 0 Å². The van der Waals surface area contributed by atoms with Crippen LogP contribution in [0.1, 0.15) is 74.5 Å². The predicted octanol–water partition coefficient (Wildman–Crippen LogP) is 10.9. The van der Waals surface area contributed by atoms with Crippen LogP contribution in [0.5, 0.6) is 0 Å². The van der Waals surface area contributed by atoms with Crippen molar-refractivity contribution in [2.24, 2.45) is 0 Å². The van der Waals surface area contributed by atoms with E-state index in [0.717, 1.165) is 50.5 Å². The number of methoxy groups -OCH3 is 1. The molecule has 9 aromatic rings. The molecule has 0 bridgehead atoms. The number of pyridine rings is 3. The molecule has 30 nitrogen and oxygen atoms in total. The zero-order valence-corrected chi connectivity index (χ0v) is 67.9. The van der Waals surface area contributed by atoms with Gasteiger partial charge in [-0.25, -0.2) is 74.6 Å². The van der Waals surface area contributed by atoms with Gasteiger partial charge in [0.25, 0.3) is 0 Å². The summed E-state index contributed by atoms with van der Waals surface area (Å²) in [4.78, 5) is 132. The molecule has 0 saturated carbocycles. The summed E-state index contributed by atoms with van der Waals surface area (Å²) in [5.41, 5.74) is -0.0819. The van der Waals surface area contributed by atoms with E-state index in [9.17, 15) is 69.3 Å². The van der Waals surface area contributed by atoms with Crippen molar-refractivity contribution >= 4 is 146 Å². The zero-order valence-electron chi connectivity index (χ0n) is 64.0. The van der Waals surface area contributed by atoms with E-state index in [1.54, 1.807) is 36.8 Å². The largest absolute Gasteiger partial charge is 1.00 e. The van der Waals surface area contributed by atoms with Gasteiger partial charge < -0.3 is 70.0 Å². The number of carbonyl (C=O) groups excluding carboxylic acids is 7. The fraction of sp³-hybridized carbons (Fsp3) is 0.303. The summed E-state index contributed by atoms with van der Waals surface area (Å²) >= 11 is 0. The van der Waals surface area contributed by atoms with Crippen LogP contribution in [0.25, 0.3) is 32.3 Å². The van der Waals surface area contributed by atoms with Gasteiger partial charge in [0.15, 0.2) is 34.9 Å². The van der Waals surface area contributed by atoms with Gasteiger partial charge in [-0.15, -0.1) is 0 Å². The van der Waals surface area contributed by atoms with Crippen LogP contribution in [0, 0.1) is 34.9 Å². The molecule has 3 aromatic heterocycles. The Kier molecular flexibility index (Phi) is 45.7. The molecule has 0 aliphatic heterocycles. The molecule has 3 atom stereocenters. The van der Waals surface area contributed by atoms with Crippen LogP contribution in [-0.2, 0) is 57.3 Å². The number of anilines is 3. The number of likely N-dealkylation sites (N-methyl/N-ethyl adjacent to an activating group) is 3. The number of amides is 9. The van der Waals surface area contributed by atoms with Gasteiger partial charge in [-0.05, 0) is 97.5 Å². The van der Waals surface area contributed by atoms with Crippen LogP contribution < -0.4 is 50.8 Å². The Bertz CT molecular complexity index is 4800. The molecule has 0 spiro atoms. The van der Waals surface area contributed by atoms with Crippen molar-refractivity contribution in [3.63, 3.8) is 0 Å². The number of esters is 1. The number of nitrogens with one attached hydrogen (secondary N) is 6. The number of urea groups is 3. The first-order valence-electron chi connectivity index (χ1n) is 34.7. The molecule has 0 fully saturated rings. The van der Waals surface area contributed by atoms with Crippen LogP contribution >= 0.6 is 48.3 Å². The Hall–Kier alpha value is -10.6. The van der Waals surface area contributed by atoms with Crippen molar-refractivity contribution < 1.29 is 132 Å². The minimum absolute atomic E-state index is 0. The van der Waals surface area contributed by atoms with Gasteiger partial charge in [-0.1, -0.05) is 109 Å². The van der Waals surface area contributed by atoms with E-state index in [2.05, 4.69) is 56.1 Å². The molecule has 628 valence electrons. The number of nitrogens with zero attached hydrogens (tertiary/aromatic N) is 6. The maximum Gasteiger partial charge on any atom is 1.00 e. The van der Waals surface area contributed by atoms with E-state index in [4.69, 9.17) is 29.1 Å². The first-order chi connectivity index (χ1) is 53.5. The molecular weight excluding hydrogens is 1620 g/mol. The second kappa shape index (κ2) is 52.2. The smallest absolute Gasteiger partial charge is 0.870 e. The van der Waals surface area contributed by atoms with E-state index >= 15 is 0 Å². The maximum absolute atomic E-state index is 13.9. The molecule has 6 aromatic carbocycles. The van der Waals surface area contributed by atoms with E-state index in [0.29, 0.717) is 25.1 Å². The Morgan fingerprint density at radius 1 is 0.444 bits per heavy atom. The molecule has 0 saturated heterocycles. The number of benzene rings is 6. The van der Waals surface area contributed by atoms with Crippen LogP contribution in [0.4, 0.5) is 72.6 Å². The molecular formula is C76H90F6LiN12O18PS3. The number of hydrogen-bond acceptors (Lipinski definition) is 18. The van der Waals surface area contributed by atoms with Gasteiger partial charge in [0.05, 0.1) is 31.8 Å². The van der Waals surface area contributed by atoms with Crippen molar-refractivity contribution in [2.45, 2.75) is 95.5 Å². The van der Waals surface area contributed by atoms with E-state index in [1.165, 1.54) is 79.4 Å². The summed E-state index contributed by atoms with van der Waals surface area (Å²) < 4.78 is 118. The third-order valence-electron chi connectivity index (χ3n) is 17.1. The first-order valence-corrected chi connectivity index (χ1v) is 36.2. The molecule has 3 heterocycles. The molecule has 9 rings (SSSR count). The zero-order chi connectivity index (χ0) is 81.3. The number of carboxylic acids is 1. The Morgan fingerprint density at radius 3 is 1.04 bits per heavy atom. The molecule has 41 heteroatoms. The minimum Gasteiger partial charge on any atom is -0.870 e. The number of carbonyl (C=O) groups is 8. The quantitative estimate of drug-likeness (QED) is 0.00472. The minimum atomic E-state index is -4.60. The summed E-state index contributed by atoms with van der Waals surface area (Å²) in [6, 6.07) is 34.7. The average Bonchev–Trinajstić information content (AvgIpc) is 0.825. The second-order valence-corrected chi connectivity index (χ2v) is 26.1. The molecule has 117 heavy (non-hydrogen) atoms. The normalized spacial score (nSPS) is 11.2. The summed E-state index contributed by atoms with van der Waals surface area (Å²) in [6.45, 7) is -1.61. The summed E-state index contributed by atoms with van der Waals surface area (Å²) in [7, 11) is 1.04. The number of aromatic nitrogens is 3. The number of carboxylic acid groups (broad SMARTS) is 1. The van der Waals surface area contributed by atoms with Crippen LogP contribution in [0.15, 0.2) is 164 Å². The Balaban J connectivity index is 0.000000583. The Morgan fingerprint density at radius 2 is 0.744 bits per heavy atom. The number of phosphoric acid groups is 1. The fourth-order valence-corrected chi connectivity index (χ4v) is 11.1. The van der Waals surface area contributed by atoms with E-state index in [-0.39, 0.29) is 178 Å². The first kappa shape index (κ1) is 102. The third-order valence-corrected chi connectivity index (χ3v) is 17.6. The molecule has 9 amide bonds. The number of ether oxygens (including phenoxy) is 4. The fourth-order valence-electron chi connectivity index (χ4n) is 10.7. The Labute approximate surface area is 701 Å². The average molecular weight is 1710 g/mol. The van der Waals surface area contributed by atoms with Gasteiger partial charge in [0, 0.05) is 105 Å². The van der Waals surface area contributed by atoms with E-state index in [1.807, 2.05) is 72.8 Å². The van der Waals surface area contributed by atoms with Crippen molar-refractivity contribution in [3.05, 3.63) is 216 Å². The van der Waals surface area contributed by atoms with Crippen molar-refractivity contribution in [1.82, 2.24) is 45.6 Å². The number of hydrogen-bond donors (Lipinski definition) is 9. The second-order valence-electron chi connectivity index (χ2n) is 24.9. The monoisotopic (exact) mass is 1710 g/mol. The molecule has 10 N–H and O–H groups in total. The number of halogens is 6. The summed E-state index contributed by atoms with van der Waals surface area (Å²) in [6.07, 6.45) is 4.51. The van der Waals surface area contributed by atoms with E-state index < -0.39 is 109 Å². The number of fused-ring (bicyclic) bond motifs is 3. The number of aliphatic carboxylic acids is 1. The molecule has 0 aliphatic rings. The van der Waals surface area contributed by atoms with Gasteiger partial charge in [0.1, 0.15) is 37.3 Å². The van der Waals surface area contributed by atoms with Gasteiger partial charge >= 0.3 is 75.0 Å². The summed E-state index contributed by atoms with van der Waals surface area (Å²) in [5, 5.41) is 29.4. The number of unbranched alkanes of at least 4 members (excludes halogenated alkanes) is 1. The summed E-state index contributed by atoms with van der Waals surface area (Å²) in [5.74, 6) is -6.79. The predicted molar refractivity (Wildman–Crippen MR) is 433 cm³/mol. The van der Waals surface area contributed by atoms with Crippen LogP contribution in [-0.4, -0.2) is 171 Å². The van der Waals surface area contributed by atoms with Gasteiger partial charge in [-0.2, -0.15) is 40.5 Å². The third kappa shape index (κ3) is 34.6. The van der Waals surface area contributed by atoms with Crippen LogP contribution in [0.3, 0.4) is 0 Å². The molecule has 0 unspecified atom stereocenters. The molecule has 0 radical (unpaired) electrons. The van der Waals surface area contributed by atoms with Gasteiger partial charge in [-0.3, -0.25) is 30.1 Å². The van der Waals surface area contributed by atoms with Crippen molar-refractivity contribution in [2.75, 3.05) is 70.6 Å². The number of phosphoric ester groups is 1. The van der Waals surface area contributed by atoms with Crippen LogP contribution in [0.2, 0.25) is 0 Å². The maximum atomic E-state index is 13.9. The molecule has 0 aliphatic carbocycles. The number of rotatable bonds is 32. The SMILES string of the molecule is CN(C(=O)NCc1cccc(F)c1F)[C@@H](CCCC(=O)O)COC(=O)Nc1cc2ccccc2cn1.CN(C(=O)NCc1cccc(F)c1F)[C@@H](CCCCOP(=O)(O)O)COC(=O)Nc1cc2ccccc2cn1.COC(=O)CCC[C@@H](COC(=O)Nc1cc2ccccc2cn1)N(C)C(=O)NCc1cccc(F)c1F.S.S.S.[Li+].[OH-].